The molecule has 0 amide bonds. The molecule has 0 spiro atoms. The van der Waals surface area contributed by atoms with Gasteiger partial charge in [0.2, 0.25) is 0 Å². The van der Waals surface area contributed by atoms with Crippen LogP contribution in [0.15, 0.2) is 0 Å². The first-order chi connectivity index (χ1) is 2.00. The van der Waals surface area contributed by atoms with Gasteiger partial charge in [0.05, 0.1) is 0 Å². The van der Waals surface area contributed by atoms with Crippen molar-refractivity contribution in [3.63, 3.8) is 0 Å². The van der Waals surface area contributed by atoms with Gasteiger partial charge in [-0.1, -0.05) is 0 Å². The maximum absolute atomic E-state index is 6.25. The van der Waals surface area contributed by atoms with Gasteiger partial charge in [0.25, 0.3) is 0 Å². The van der Waals surface area contributed by atoms with Crippen molar-refractivity contribution in [1.29, 1.82) is 10.5 Å². The summed E-state index contributed by atoms with van der Waals surface area (Å²) in [7, 11) is 0. The number of hydrogen-bond acceptors (Lipinski definition) is 2. The molecule has 0 saturated carbocycles. The van der Waals surface area contributed by atoms with Crippen molar-refractivity contribution in [2.45, 2.75) is 0 Å². The van der Waals surface area contributed by atoms with E-state index in [-0.39, 0.29) is 41.0 Å². The molecule has 2 nitrogen and oxygen atoms in total. The molecule has 5 radical (unpaired) electrons. The summed E-state index contributed by atoms with van der Waals surface area (Å²) in [5.74, 6) is 0. The van der Waals surface area contributed by atoms with E-state index in [1.807, 2.05) is 0 Å². The molecule has 0 atom stereocenters. The van der Waals surface area contributed by atoms with Gasteiger partial charge in [0.15, 0.2) is 0 Å². The first-order valence-electron chi connectivity index (χ1n) is 0.447. The summed E-state index contributed by atoms with van der Waals surface area (Å²) in [5.41, 5.74) is 0. The molecule has 0 bridgehead atoms. The van der Waals surface area contributed by atoms with Crippen LogP contribution in [0.1, 0.15) is 0 Å². The summed E-state index contributed by atoms with van der Waals surface area (Å²) in [6, 6.07) is 0. The average molecular weight is 234 g/mol. The van der Waals surface area contributed by atoms with Gasteiger partial charge >= 0.3 is 17.1 Å². The average Bonchev–Trinajstić information content (AvgIpc) is 1.50. The number of hydrogen-bond donors (Lipinski definition) is 0. The second kappa shape index (κ2) is 1100. The van der Waals surface area contributed by atoms with Crippen molar-refractivity contribution in [2.24, 2.45) is 0 Å². The van der Waals surface area contributed by atoms with Gasteiger partial charge in [-0.3, -0.25) is 0 Å². The summed E-state index contributed by atoms with van der Waals surface area (Å²) < 4.78 is 0. The summed E-state index contributed by atoms with van der Waals surface area (Å²) in [5, 5.41) is 12.5. The van der Waals surface area contributed by atoms with Crippen molar-refractivity contribution in [3.8, 4) is 0 Å². The fraction of sp³-hybridized carbons (Fsp3) is 0. The molecular weight excluding hydrogens is 234 g/mol. The SMILES string of the molecule is [C-]#N.[C-]#N.[Cu+2].[Sn]. The van der Waals surface area contributed by atoms with Crippen LogP contribution in [0.25, 0.3) is 0 Å². The third kappa shape index (κ3) is 526. The van der Waals surface area contributed by atoms with Crippen molar-refractivity contribution >= 4 is 23.9 Å². The fourth-order valence-electron chi connectivity index (χ4n) is 0. The minimum Gasteiger partial charge on any atom is -0.512 e. The molecule has 0 saturated heterocycles. The Bertz CT molecular complexity index is 27.0. The Morgan fingerprint density at radius 1 is 0.833 bits per heavy atom. The van der Waals surface area contributed by atoms with Gasteiger partial charge in [0, 0.05) is 23.9 Å². The minimum absolute atomic E-state index is 0. The predicted molar refractivity (Wildman–Crippen MR) is 15.7 cm³/mol. The van der Waals surface area contributed by atoms with Crippen molar-refractivity contribution in [2.75, 3.05) is 0 Å². The van der Waals surface area contributed by atoms with Gasteiger partial charge in [-0.25, -0.2) is 0 Å². The molecule has 0 aromatic heterocycles. The summed E-state index contributed by atoms with van der Waals surface area (Å²) in [6.07, 6.45) is 0. The van der Waals surface area contributed by atoms with E-state index in [9.17, 15) is 0 Å². The van der Waals surface area contributed by atoms with Crippen LogP contribution in [-0.4, -0.2) is 23.9 Å². The standard InChI is InChI=1S/2CN.Cu.Sn/c2*1-2;;/q2*-1;+2;. The number of rotatable bonds is 0. The molecule has 0 rings (SSSR count). The zero-order valence-electron chi connectivity index (χ0n) is 2.70. The molecule has 33 valence electrons. The van der Waals surface area contributed by atoms with Crippen molar-refractivity contribution in [3.05, 3.63) is 13.1 Å². The molecule has 6 heavy (non-hydrogen) atoms. The van der Waals surface area contributed by atoms with E-state index in [0.29, 0.717) is 0 Å². The third-order valence-electron chi connectivity index (χ3n) is 0. The second-order valence-electron chi connectivity index (χ2n) is 0. The predicted octanol–water partition coefficient (Wildman–Crippen LogP) is -0.191. The molecule has 0 heterocycles. The maximum atomic E-state index is 6.25. The van der Waals surface area contributed by atoms with E-state index in [2.05, 4.69) is 0 Å². The van der Waals surface area contributed by atoms with Crippen LogP contribution >= 0.6 is 0 Å². The first-order valence-corrected chi connectivity index (χ1v) is 0.447. The minimum atomic E-state index is 0. The van der Waals surface area contributed by atoms with E-state index in [1.54, 1.807) is 0 Å². The Morgan fingerprint density at radius 2 is 0.833 bits per heavy atom. The molecule has 0 unspecified atom stereocenters. The summed E-state index contributed by atoms with van der Waals surface area (Å²) >= 11 is 0. The van der Waals surface area contributed by atoms with Gasteiger partial charge in [-0.05, 0) is 0 Å². The molecule has 0 aliphatic rings. The third-order valence-corrected chi connectivity index (χ3v) is 0. The zero-order valence-corrected chi connectivity index (χ0v) is 6.49. The van der Waals surface area contributed by atoms with Crippen molar-refractivity contribution < 1.29 is 17.1 Å². The normalized spacial score (nSPS) is 0.667. The molecule has 0 aromatic rings. The quantitative estimate of drug-likeness (QED) is 0.431. The van der Waals surface area contributed by atoms with Gasteiger partial charge in [-0.15, -0.1) is 0 Å². The van der Waals surface area contributed by atoms with Crippen LogP contribution in [0.5, 0.6) is 0 Å². The Balaban J connectivity index is -0.00000000500. The van der Waals surface area contributed by atoms with Gasteiger partial charge < -0.3 is 23.7 Å². The molecule has 0 N–H and O–H groups in total. The van der Waals surface area contributed by atoms with E-state index in [4.69, 9.17) is 23.7 Å². The van der Waals surface area contributed by atoms with Gasteiger partial charge in [-0.2, -0.15) is 0 Å². The van der Waals surface area contributed by atoms with Crippen LogP contribution in [0.4, 0.5) is 0 Å². The maximum Gasteiger partial charge on any atom is 2.00 e. The summed E-state index contributed by atoms with van der Waals surface area (Å²) in [4.78, 5) is 0. The number of nitrogens with zero attached hydrogens (tertiary/aromatic N) is 2. The molecule has 4 heteroatoms. The zero-order chi connectivity index (χ0) is 4.00. The van der Waals surface area contributed by atoms with E-state index < -0.39 is 0 Å². The van der Waals surface area contributed by atoms with E-state index in [1.165, 1.54) is 0 Å². The fourth-order valence-corrected chi connectivity index (χ4v) is 0. The molecule has 0 aliphatic heterocycles. The smallest absolute Gasteiger partial charge is 0.512 e. The molecule has 0 aliphatic carbocycles. The van der Waals surface area contributed by atoms with E-state index in [0.717, 1.165) is 0 Å². The van der Waals surface area contributed by atoms with Crippen LogP contribution < -0.4 is 0 Å². The van der Waals surface area contributed by atoms with Crippen LogP contribution in [0.3, 0.4) is 0 Å². The van der Waals surface area contributed by atoms with Gasteiger partial charge in [0.1, 0.15) is 0 Å². The Kier molecular flexibility index (Phi) is 6140. The largest absolute Gasteiger partial charge is 2.00 e. The first kappa shape index (κ1) is 33.5. The van der Waals surface area contributed by atoms with Crippen molar-refractivity contribution in [1.82, 2.24) is 0 Å². The van der Waals surface area contributed by atoms with Crippen LogP contribution in [0.2, 0.25) is 0 Å². The summed E-state index contributed by atoms with van der Waals surface area (Å²) in [6.45, 7) is 9.50. The van der Waals surface area contributed by atoms with Crippen LogP contribution in [0, 0.1) is 23.7 Å². The Hall–Kier alpha value is 0.298. The Labute approximate surface area is 64.6 Å². The van der Waals surface area contributed by atoms with Crippen LogP contribution in [-0.2, 0) is 17.1 Å². The monoisotopic (exact) mass is 235 g/mol. The second-order valence-corrected chi connectivity index (χ2v) is 0. The van der Waals surface area contributed by atoms with E-state index >= 15 is 0 Å². The Morgan fingerprint density at radius 3 is 0.833 bits per heavy atom. The topological polar surface area (TPSA) is 47.6 Å². The molecule has 0 aromatic carbocycles. The molecule has 0 fully saturated rings. The molecular formula is C2CuN2Sn.